The molecule has 0 atom stereocenters. The number of para-hydroxylation sites is 1. The standard InChI is InChI=1S/C15H11N3O/c19-15(12-6-2-1-3-7-12)13-8-4-5-9-14(13)18-10-16-17-11-18/h1-11H. The third kappa shape index (κ3) is 2.15. The molecule has 3 rings (SSSR count). The fourth-order valence-corrected chi connectivity index (χ4v) is 1.96. The van der Waals surface area contributed by atoms with Crippen LogP contribution in [0.25, 0.3) is 5.69 Å². The molecule has 4 nitrogen and oxygen atoms in total. The average molecular weight is 249 g/mol. The molecule has 19 heavy (non-hydrogen) atoms. The van der Waals surface area contributed by atoms with E-state index < -0.39 is 0 Å². The number of rotatable bonds is 3. The Bertz CT molecular complexity index is 690. The van der Waals surface area contributed by atoms with Gasteiger partial charge in [0.05, 0.1) is 5.69 Å². The van der Waals surface area contributed by atoms with E-state index in [0.29, 0.717) is 11.1 Å². The van der Waals surface area contributed by atoms with E-state index in [4.69, 9.17) is 0 Å². The van der Waals surface area contributed by atoms with Crippen LogP contribution in [0, 0.1) is 0 Å². The van der Waals surface area contributed by atoms with E-state index in [1.54, 1.807) is 17.2 Å². The Labute approximate surface area is 110 Å². The lowest BCUT2D eigenvalue weighted by Crippen LogP contribution is -2.06. The SMILES string of the molecule is O=C(c1ccccc1)c1ccccc1-n1cnnc1. The lowest BCUT2D eigenvalue weighted by atomic mass is 10.0. The lowest BCUT2D eigenvalue weighted by molar-refractivity contribution is 0.103. The van der Waals surface area contributed by atoms with Gasteiger partial charge in [-0.2, -0.15) is 0 Å². The third-order valence-corrected chi connectivity index (χ3v) is 2.88. The van der Waals surface area contributed by atoms with Crippen LogP contribution in [0.5, 0.6) is 0 Å². The second-order valence-electron chi connectivity index (χ2n) is 4.08. The summed E-state index contributed by atoms with van der Waals surface area (Å²) in [4.78, 5) is 12.5. The van der Waals surface area contributed by atoms with Crippen molar-refractivity contribution in [3.63, 3.8) is 0 Å². The highest BCUT2D eigenvalue weighted by atomic mass is 16.1. The van der Waals surface area contributed by atoms with Gasteiger partial charge in [0, 0.05) is 11.1 Å². The van der Waals surface area contributed by atoms with Crippen molar-refractivity contribution < 1.29 is 4.79 Å². The van der Waals surface area contributed by atoms with Gasteiger partial charge in [-0.3, -0.25) is 9.36 Å². The van der Waals surface area contributed by atoms with Crippen LogP contribution in [0.3, 0.4) is 0 Å². The molecule has 3 aromatic rings. The minimum atomic E-state index is -0.00935. The maximum Gasteiger partial charge on any atom is 0.195 e. The zero-order valence-corrected chi connectivity index (χ0v) is 10.1. The Morgan fingerprint density at radius 2 is 1.47 bits per heavy atom. The zero-order chi connectivity index (χ0) is 13.1. The van der Waals surface area contributed by atoms with E-state index in [-0.39, 0.29) is 5.78 Å². The van der Waals surface area contributed by atoms with Gasteiger partial charge in [0.1, 0.15) is 12.7 Å². The third-order valence-electron chi connectivity index (χ3n) is 2.88. The molecule has 0 bridgehead atoms. The van der Waals surface area contributed by atoms with Crippen LogP contribution in [0.1, 0.15) is 15.9 Å². The smallest absolute Gasteiger partial charge is 0.195 e. The summed E-state index contributed by atoms with van der Waals surface area (Å²) in [6.07, 6.45) is 3.16. The van der Waals surface area contributed by atoms with Gasteiger partial charge in [0.15, 0.2) is 5.78 Å². The van der Waals surface area contributed by atoms with Crippen LogP contribution in [0.15, 0.2) is 67.3 Å². The second-order valence-corrected chi connectivity index (χ2v) is 4.08. The van der Waals surface area contributed by atoms with E-state index in [1.165, 1.54) is 0 Å². The molecule has 4 heteroatoms. The Hall–Kier alpha value is -2.75. The average Bonchev–Trinajstić information content (AvgIpc) is 3.01. The first kappa shape index (κ1) is 11.3. The first-order valence-electron chi connectivity index (χ1n) is 5.90. The van der Waals surface area contributed by atoms with Crippen molar-refractivity contribution in [3.8, 4) is 5.69 Å². The highest BCUT2D eigenvalue weighted by molar-refractivity contribution is 6.11. The molecule has 0 spiro atoms. The highest BCUT2D eigenvalue weighted by Gasteiger charge is 2.13. The number of hydrogen-bond acceptors (Lipinski definition) is 3. The Balaban J connectivity index is 2.09. The summed E-state index contributed by atoms with van der Waals surface area (Å²) >= 11 is 0. The molecular formula is C15H11N3O. The molecule has 0 aliphatic rings. The summed E-state index contributed by atoms with van der Waals surface area (Å²) in [5.74, 6) is -0.00935. The minimum Gasteiger partial charge on any atom is -0.289 e. The van der Waals surface area contributed by atoms with E-state index in [2.05, 4.69) is 10.2 Å². The highest BCUT2D eigenvalue weighted by Crippen LogP contribution is 2.17. The quantitative estimate of drug-likeness (QED) is 0.670. The number of aromatic nitrogens is 3. The van der Waals surface area contributed by atoms with Crippen molar-refractivity contribution in [3.05, 3.63) is 78.4 Å². The summed E-state index contributed by atoms with van der Waals surface area (Å²) in [5, 5.41) is 7.55. The fraction of sp³-hybridized carbons (Fsp3) is 0. The summed E-state index contributed by atoms with van der Waals surface area (Å²) in [5.41, 5.74) is 2.08. The van der Waals surface area contributed by atoms with Crippen molar-refractivity contribution in [2.45, 2.75) is 0 Å². The normalized spacial score (nSPS) is 10.3. The molecule has 0 unspecified atom stereocenters. The van der Waals surface area contributed by atoms with Crippen LogP contribution in [-0.2, 0) is 0 Å². The number of carbonyl (C=O) groups excluding carboxylic acids is 1. The number of carbonyl (C=O) groups is 1. The van der Waals surface area contributed by atoms with Gasteiger partial charge < -0.3 is 0 Å². The Morgan fingerprint density at radius 3 is 2.21 bits per heavy atom. The van der Waals surface area contributed by atoms with Gasteiger partial charge in [-0.1, -0.05) is 42.5 Å². The zero-order valence-electron chi connectivity index (χ0n) is 10.1. The van der Waals surface area contributed by atoms with Crippen molar-refractivity contribution >= 4 is 5.78 Å². The molecule has 1 heterocycles. The Kier molecular flexibility index (Phi) is 2.90. The summed E-state index contributed by atoms with van der Waals surface area (Å²) < 4.78 is 1.73. The Morgan fingerprint density at radius 1 is 0.842 bits per heavy atom. The van der Waals surface area contributed by atoms with Crippen LogP contribution < -0.4 is 0 Å². The first-order chi connectivity index (χ1) is 9.36. The van der Waals surface area contributed by atoms with E-state index in [1.807, 2.05) is 54.6 Å². The fourth-order valence-electron chi connectivity index (χ4n) is 1.96. The van der Waals surface area contributed by atoms with Gasteiger partial charge in [-0.05, 0) is 12.1 Å². The topological polar surface area (TPSA) is 47.8 Å². The first-order valence-corrected chi connectivity index (χ1v) is 5.90. The van der Waals surface area contributed by atoms with Crippen molar-refractivity contribution in [2.24, 2.45) is 0 Å². The molecule has 0 amide bonds. The molecule has 0 aliphatic carbocycles. The molecule has 0 aliphatic heterocycles. The van der Waals surface area contributed by atoms with Gasteiger partial charge in [0.25, 0.3) is 0 Å². The largest absolute Gasteiger partial charge is 0.289 e. The van der Waals surface area contributed by atoms with Crippen LogP contribution in [0.4, 0.5) is 0 Å². The lowest BCUT2D eigenvalue weighted by Gasteiger charge is -2.08. The minimum absolute atomic E-state index is 0.00935. The van der Waals surface area contributed by atoms with Crippen LogP contribution >= 0.6 is 0 Å². The van der Waals surface area contributed by atoms with Gasteiger partial charge in [-0.25, -0.2) is 0 Å². The molecule has 0 saturated heterocycles. The van der Waals surface area contributed by atoms with Gasteiger partial charge >= 0.3 is 0 Å². The molecule has 2 aromatic carbocycles. The number of benzene rings is 2. The molecule has 1 aromatic heterocycles. The molecular weight excluding hydrogens is 238 g/mol. The van der Waals surface area contributed by atoms with Gasteiger partial charge in [-0.15, -0.1) is 10.2 Å². The molecule has 0 N–H and O–H groups in total. The van der Waals surface area contributed by atoms with Gasteiger partial charge in [0.2, 0.25) is 0 Å². The molecule has 0 saturated carbocycles. The summed E-state index contributed by atoms with van der Waals surface area (Å²) in [7, 11) is 0. The van der Waals surface area contributed by atoms with Crippen LogP contribution in [0.2, 0.25) is 0 Å². The maximum absolute atomic E-state index is 12.5. The monoisotopic (exact) mass is 249 g/mol. The maximum atomic E-state index is 12.5. The number of ketones is 1. The van der Waals surface area contributed by atoms with E-state index in [0.717, 1.165) is 5.69 Å². The molecule has 0 fully saturated rings. The molecule has 0 radical (unpaired) electrons. The van der Waals surface area contributed by atoms with Crippen molar-refractivity contribution in [1.82, 2.24) is 14.8 Å². The number of nitrogens with zero attached hydrogens (tertiary/aromatic N) is 3. The molecule has 92 valence electrons. The predicted octanol–water partition coefficient (Wildman–Crippen LogP) is 2.50. The van der Waals surface area contributed by atoms with Crippen molar-refractivity contribution in [2.75, 3.05) is 0 Å². The van der Waals surface area contributed by atoms with E-state index in [9.17, 15) is 4.79 Å². The van der Waals surface area contributed by atoms with E-state index >= 15 is 0 Å². The summed E-state index contributed by atoms with van der Waals surface area (Å²) in [6.45, 7) is 0. The van der Waals surface area contributed by atoms with Crippen LogP contribution in [-0.4, -0.2) is 20.5 Å². The number of hydrogen-bond donors (Lipinski definition) is 0. The second kappa shape index (κ2) is 4.86. The van der Waals surface area contributed by atoms with Crippen molar-refractivity contribution in [1.29, 1.82) is 0 Å². The summed E-state index contributed by atoms with van der Waals surface area (Å²) in [6, 6.07) is 16.6. The predicted molar refractivity (Wildman–Crippen MR) is 71.2 cm³/mol.